The van der Waals surface area contributed by atoms with Crippen LogP contribution in [0.2, 0.25) is 0 Å². The van der Waals surface area contributed by atoms with Gasteiger partial charge in [0.1, 0.15) is 11.5 Å². The average molecular weight is 384 g/mol. The van der Waals surface area contributed by atoms with Crippen LogP contribution in [0.25, 0.3) is 0 Å². The molecule has 0 amide bonds. The molecule has 1 N–H and O–H groups in total. The minimum Gasteiger partial charge on any atom is -0.497 e. The van der Waals surface area contributed by atoms with Crippen molar-refractivity contribution in [2.24, 2.45) is 0 Å². The Balaban J connectivity index is 2.40. The monoisotopic (exact) mass is 384 g/mol. The minimum absolute atomic E-state index is 0.319. The Morgan fingerprint density at radius 2 is 1.82 bits per heavy atom. The summed E-state index contributed by atoms with van der Waals surface area (Å²) < 4.78 is 16.4. The second-order valence-corrected chi connectivity index (χ2v) is 7.28. The van der Waals surface area contributed by atoms with Gasteiger partial charge in [-0.15, -0.1) is 0 Å². The van der Waals surface area contributed by atoms with Gasteiger partial charge in [0.15, 0.2) is 5.41 Å². The van der Waals surface area contributed by atoms with Gasteiger partial charge in [-0.25, -0.2) is 0 Å². The van der Waals surface area contributed by atoms with Crippen LogP contribution in [0.5, 0.6) is 11.5 Å². The minimum atomic E-state index is -1.37. The van der Waals surface area contributed by atoms with Crippen LogP contribution in [0.3, 0.4) is 0 Å². The predicted molar refractivity (Wildman–Crippen MR) is 107 cm³/mol. The van der Waals surface area contributed by atoms with E-state index in [4.69, 9.17) is 14.2 Å². The van der Waals surface area contributed by atoms with Crippen LogP contribution in [0.15, 0.2) is 42.5 Å². The number of methoxy groups -OCH3 is 3. The smallest absolute Gasteiger partial charge is 0.323 e. The average Bonchev–Trinajstić information content (AvgIpc) is 3.00. The quantitative estimate of drug-likeness (QED) is 0.739. The van der Waals surface area contributed by atoms with Crippen molar-refractivity contribution in [1.29, 1.82) is 0 Å². The van der Waals surface area contributed by atoms with Crippen LogP contribution in [-0.2, 0) is 21.4 Å². The molecule has 2 atom stereocenters. The number of carbonyl (C=O) groups is 1. The molecule has 1 aliphatic carbocycles. The topological polar surface area (TPSA) is 65.0 Å². The summed E-state index contributed by atoms with van der Waals surface area (Å²) in [6.07, 6.45) is 2.48. The Morgan fingerprint density at radius 1 is 1.11 bits per heavy atom. The number of unbranched alkanes of at least 4 members (excludes halogenated alkanes) is 1. The van der Waals surface area contributed by atoms with Gasteiger partial charge in [0, 0.05) is 18.1 Å². The highest BCUT2D eigenvalue weighted by atomic mass is 16.5. The number of benzene rings is 2. The summed E-state index contributed by atoms with van der Waals surface area (Å²) >= 11 is 0. The SMILES string of the molecule is CCCC[C@]1(O)Cc2cc(OC)cc(OC)c2[C@]1(C(=O)OC)c1ccccc1. The van der Waals surface area contributed by atoms with E-state index in [1.165, 1.54) is 7.11 Å². The van der Waals surface area contributed by atoms with Crippen molar-refractivity contribution in [3.05, 3.63) is 59.2 Å². The number of hydrogen-bond acceptors (Lipinski definition) is 5. The molecule has 0 radical (unpaired) electrons. The van der Waals surface area contributed by atoms with Crippen LogP contribution in [0.4, 0.5) is 0 Å². The largest absolute Gasteiger partial charge is 0.497 e. The highest BCUT2D eigenvalue weighted by Crippen LogP contribution is 2.57. The number of hydrogen-bond donors (Lipinski definition) is 1. The number of fused-ring (bicyclic) bond motifs is 1. The lowest BCUT2D eigenvalue weighted by atomic mass is 9.64. The Bertz CT molecular complexity index is 848. The van der Waals surface area contributed by atoms with E-state index in [0.29, 0.717) is 35.5 Å². The summed E-state index contributed by atoms with van der Waals surface area (Å²) in [5, 5.41) is 12.0. The first-order chi connectivity index (χ1) is 13.5. The molecule has 0 unspecified atom stereocenters. The first-order valence-electron chi connectivity index (χ1n) is 9.60. The molecule has 28 heavy (non-hydrogen) atoms. The van der Waals surface area contributed by atoms with Crippen LogP contribution < -0.4 is 9.47 Å². The van der Waals surface area contributed by atoms with E-state index >= 15 is 0 Å². The third-order valence-corrected chi connectivity index (χ3v) is 5.81. The Morgan fingerprint density at radius 3 is 2.39 bits per heavy atom. The van der Waals surface area contributed by atoms with E-state index in [1.54, 1.807) is 20.3 Å². The van der Waals surface area contributed by atoms with Gasteiger partial charge in [0.25, 0.3) is 0 Å². The fraction of sp³-hybridized carbons (Fsp3) is 0.435. The number of esters is 1. The molecule has 1 aliphatic rings. The van der Waals surface area contributed by atoms with E-state index in [1.807, 2.05) is 36.4 Å². The standard InChI is InChI=1S/C23H28O5/c1-5-6-12-22(25)15-16-13-18(26-2)14-19(27-3)20(16)23(22,21(24)28-4)17-10-8-7-9-11-17/h7-11,13-14,25H,5-6,12,15H2,1-4H3/t22-,23-/m0/s1. The van der Waals surface area contributed by atoms with Crippen molar-refractivity contribution in [3.8, 4) is 11.5 Å². The summed E-state index contributed by atoms with van der Waals surface area (Å²) in [7, 11) is 4.51. The zero-order valence-electron chi connectivity index (χ0n) is 17.0. The van der Waals surface area contributed by atoms with Gasteiger partial charge in [-0.1, -0.05) is 50.1 Å². The van der Waals surface area contributed by atoms with Gasteiger partial charge in [-0.3, -0.25) is 4.79 Å². The molecular formula is C23H28O5. The summed E-state index contributed by atoms with van der Waals surface area (Å²) in [5.74, 6) is 0.651. The third kappa shape index (κ3) is 2.85. The number of carbonyl (C=O) groups excluding carboxylic acids is 1. The Labute approximate surface area is 166 Å². The molecule has 0 saturated carbocycles. The van der Waals surface area contributed by atoms with Crippen molar-refractivity contribution in [2.45, 2.75) is 43.6 Å². The number of ether oxygens (including phenoxy) is 3. The maximum absolute atomic E-state index is 13.4. The van der Waals surface area contributed by atoms with Crippen molar-refractivity contribution >= 4 is 5.97 Å². The second kappa shape index (κ2) is 7.84. The van der Waals surface area contributed by atoms with Crippen molar-refractivity contribution in [2.75, 3.05) is 21.3 Å². The lowest BCUT2D eigenvalue weighted by molar-refractivity contribution is -0.156. The Kier molecular flexibility index (Phi) is 5.66. The van der Waals surface area contributed by atoms with Crippen LogP contribution in [-0.4, -0.2) is 38.0 Å². The highest BCUT2D eigenvalue weighted by molar-refractivity contribution is 5.93. The fourth-order valence-electron chi connectivity index (χ4n) is 4.58. The van der Waals surface area contributed by atoms with Gasteiger partial charge in [0.05, 0.1) is 26.9 Å². The fourth-order valence-corrected chi connectivity index (χ4v) is 4.58. The van der Waals surface area contributed by atoms with E-state index in [-0.39, 0.29) is 0 Å². The van der Waals surface area contributed by atoms with Gasteiger partial charge in [-0.2, -0.15) is 0 Å². The van der Waals surface area contributed by atoms with Crippen LogP contribution in [0, 0.1) is 0 Å². The second-order valence-electron chi connectivity index (χ2n) is 7.28. The normalized spacial score (nSPS) is 23.2. The number of rotatable bonds is 7. The molecule has 0 saturated heterocycles. The summed E-state index contributed by atoms with van der Waals surface area (Å²) in [4.78, 5) is 13.4. The van der Waals surface area contributed by atoms with Crippen LogP contribution in [0.1, 0.15) is 42.9 Å². The van der Waals surface area contributed by atoms with E-state index in [9.17, 15) is 9.90 Å². The predicted octanol–water partition coefficient (Wildman–Crippen LogP) is 3.64. The molecule has 2 aromatic carbocycles. The van der Waals surface area contributed by atoms with Crippen LogP contribution >= 0.6 is 0 Å². The van der Waals surface area contributed by atoms with Gasteiger partial charge in [-0.05, 0) is 23.6 Å². The molecule has 0 aliphatic heterocycles. The summed E-state index contributed by atoms with van der Waals surface area (Å²) in [6.45, 7) is 2.07. The molecule has 0 spiro atoms. The first-order valence-corrected chi connectivity index (χ1v) is 9.60. The number of aliphatic hydroxyl groups is 1. The maximum atomic E-state index is 13.4. The summed E-state index contributed by atoms with van der Waals surface area (Å²) in [5.41, 5.74) is -0.510. The van der Waals surface area contributed by atoms with Crippen molar-refractivity contribution in [1.82, 2.24) is 0 Å². The molecule has 3 rings (SSSR count). The first kappa shape index (κ1) is 20.2. The van der Waals surface area contributed by atoms with Crippen molar-refractivity contribution < 1.29 is 24.1 Å². The summed E-state index contributed by atoms with van der Waals surface area (Å²) in [6, 6.07) is 13.0. The molecule has 0 bridgehead atoms. The Hall–Kier alpha value is -2.53. The third-order valence-electron chi connectivity index (χ3n) is 5.81. The molecule has 5 heteroatoms. The van der Waals surface area contributed by atoms with Gasteiger partial charge < -0.3 is 19.3 Å². The molecular weight excluding hydrogens is 356 g/mol. The van der Waals surface area contributed by atoms with E-state index in [2.05, 4.69) is 6.92 Å². The highest BCUT2D eigenvalue weighted by Gasteiger charge is 2.64. The molecule has 0 heterocycles. The zero-order chi connectivity index (χ0) is 20.4. The van der Waals surface area contributed by atoms with Crippen molar-refractivity contribution in [3.63, 3.8) is 0 Å². The van der Waals surface area contributed by atoms with Gasteiger partial charge in [0.2, 0.25) is 0 Å². The molecule has 5 nitrogen and oxygen atoms in total. The zero-order valence-corrected chi connectivity index (χ0v) is 17.0. The molecule has 0 fully saturated rings. The molecule has 0 aromatic heterocycles. The lowest BCUT2D eigenvalue weighted by Crippen LogP contribution is -2.55. The molecule has 2 aromatic rings. The maximum Gasteiger partial charge on any atom is 0.323 e. The lowest BCUT2D eigenvalue weighted by Gasteiger charge is -2.41. The van der Waals surface area contributed by atoms with E-state index in [0.717, 1.165) is 18.4 Å². The van der Waals surface area contributed by atoms with Gasteiger partial charge >= 0.3 is 5.97 Å². The molecule has 150 valence electrons. The van der Waals surface area contributed by atoms with E-state index < -0.39 is 17.0 Å².